The number of rotatable bonds is 2. The van der Waals surface area contributed by atoms with Gasteiger partial charge in [0.25, 0.3) is 5.91 Å². The number of hydrogen-bond donors (Lipinski definition) is 0. The van der Waals surface area contributed by atoms with Gasteiger partial charge in [-0.3, -0.25) is 4.79 Å². The van der Waals surface area contributed by atoms with Gasteiger partial charge in [0.05, 0.1) is 0 Å². The van der Waals surface area contributed by atoms with Gasteiger partial charge in [-0.05, 0) is 31.2 Å². The largest absolute Gasteiger partial charge is 0.345 e. The maximum Gasteiger partial charge on any atom is 0.253 e. The summed E-state index contributed by atoms with van der Waals surface area (Å²) in [5.74, 6) is 0.133. The van der Waals surface area contributed by atoms with Gasteiger partial charge in [-0.25, -0.2) is 0 Å². The number of amides is 1. The first-order valence-electron chi connectivity index (χ1n) is 6.19. The van der Waals surface area contributed by atoms with E-state index in [4.69, 9.17) is 0 Å². The topological polar surface area (TPSA) is 20.3 Å². The Hall–Kier alpha value is -1.57. The molecule has 0 radical (unpaired) electrons. The van der Waals surface area contributed by atoms with E-state index < -0.39 is 0 Å². The summed E-state index contributed by atoms with van der Waals surface area (Å²) in [5.41, 5.74) is 3.31. The van der Waals surface area contributed by atoms with Gasteiger partial charge in [0, 0.05) is 19.7 Å². The summed E-state index contributed by atoms with van der Waals surface area (Å²) in [6, 6.07) is 10.0. The summed E-state index contributed by atoms with van der Waals surface area (Å²) in [6.45, 7) is 0. The van der Waals surface area contributed by atoms with Crippen LogP contribution in [0.3, 0.4) is 0 Å². The third-order valence-corrected chi connectivity index (χ3v) is 3.24. The van der Waals surface area contributed by atoms with E-state index in [9.17, 15) is 4.79 Å². The molecule has 0 atom stereocenters. The smallest absolute Gasteiger partial charge is 0.253 e. The monoisotopic (exact) mass is 229 g/mol. The Morgan fingerprint density at radius 2 is 1.65 bits per heavy atom. The summed E-state index contributed by atoms with van der Waals surface area (Å²) in [5, 5.41) is 0. The van der Waals surface area contributed by atoms with Crippen LogP contribution in [0.1, 0.15) is 31.2 Å². The minimum Gasteiger partial charge on any atom is -0.345 e. The molecule has 0 aromatic heterocycles. The fraction of sp³-hybridized carbons (Fsp3) is 0.400. The molecule has 0 unspecified atom stereocenters. The zero-order valence-corrected chi connectivity index (χ0v) is 10.6. The predicted octanol–water partition coefficient (Wildman–Crippen LogP) is 3.10. The summed E-state index contributed by atoms with van der Waals surface area (Å²) in [4.78, 5) is 14.0. The van der Waals surface area contributed by atoms with Crippen molar-refractivity contribution in [2.45, 2.75) is 25.7 Å². The molecule has 0 spiro atoms. The van der Waals surface area contributed by atoms with Crippen molar-refractivity contribution in [1.82, 2.24) is 4.90 Å². The average Bonchev–Trinajstić information content (AvgIpc) is 2.84. The Bertz CT molecular complexity index is 423. The molecular weight excluding hydrogens is 210 g/mol. The van der Waals surface area contributed by atoms with Crippen molar-refractivity contribution in [2.24, 2.45) is 0 Å². The van der Waals surface area contributed by atoms with Crippen molar-refractivity contribution in [3.8, 4) is 0 Å². The van der Waals surface area contributed by atoms with Crippen LogP contribution in [-0.4, -0.2) is 24.9 Å². The van der Waals surface area contributed by atoms with Crippen LogP contribution in [0.15, 0.2) is 35.9 Å². The fourth-order valence-electron chi connectivity index (χ4n) is 2.36. The Balaban J connectivity index is 2.45. The second kappa shape index (κ2) is 5.17. The number of nitrogens with zero attached hydrogens (tertiary/aromatic N) is 1. The van der Waals surface area contributed by atoms with Crippen LogP contribution in [0.5, 0.6) is 0 Å². The van der Waals surface area contributed by atoms with Gasteiger partial charge < -0.3 is 4.90 Å². The number of benzene rings is 1. The standard InChI is InChI=1S/C15H19NO/c1-16(2)15(17)14(13-10-6-7-11-13)12-8-4-3-5-9-12/h3-5,8-9H,6-7,10-11H2,1-2H3. The molecule has 1 aliphatic carbocycles. The van der Waals surface area contributed by atoms with E-state index in [0.717, 1.165) is 24.0 Å². The van der Waals surface area contributed by atoms with Crippen LogP contribution in [0.2, 0.25) is 0 Å². The van der Waals surface area contributed by atoms with Gasteiger partial charge in [-0.1, -0.05) is 35.9 Å². The molecule has 1 saturated carbocycles. The van der Waals surface area contributed by atoms with E-state index >= 15 is 0 Å². The van der Waals surface area contributed by atoms with Gasteiger partial charge in [-0.2, -0.15) is 0 Å². The third kappa shape index (κ3) is 2.57. The summed E-state index contributed by atoms with van der Waals surface area (Å²) in [7, 11) is 3.64. The Morgan fingerprint density at radius 3 is 2.18 bits per heavy atom. The average molecular weight is 229 g/mol. The second-order valence-electron chi connectivity index (χ2n) is 4.75. The van der Waals surface area contributed by atoms with Crippen LogP contribution in [-0.2, 0) is 4.79 Å². The van der Waals surface area contributed by atoms with Gasteiger partial charge in [-0.15, -0.1) is 0 Å². The molecule has 1 aromatic rings. The molecule has 1 fully saturated rings. The van der Waals surface area contributed by atoms with Crippen molar-refractivity contribution < 1.29 is 4.79 Å². The molecule has 1 aliphatic rings. The maximum absolute atomic E-state index is 12.3. The highest BCUT2D eigenvalue weighted by molar-refractivity contribution is 6.20. The lowest BCUT2D eigenvalue weighted by Crippen LogP contribution is -2.23. The molecule has 2 rings (SSSR count). The van der Waals surface area contributed by atoms with Gasteiger partial charge >= 0.3 is 0 Å². The normalized spacial score (nSPS) is 14.8. The van der Waals surface area contributed by atoms with E-state index in [1.807, 2.05) is 44.4 Å². The van der Waals surface area contributed by atoms with Crippen LogP contribution in [0.25, 0.3) is 5.57 Å². The van der Waals surface area contributed by atoms with Crippen molar-refractivity contribution >= 4 is 11.5 Å². The number of hydrogen-bond acceptors (Lipinski definition) is 1. The molecule has 1 aromatic carbocycles. The van der Waals surface area contributed by atoms with E-state index in [1.54, 1.807) is 4.90 Å². The number of allylic oxidation sites excluding steroid dienone is 1. The first kappa shape index (κ1) is 11.9. The highest BCUT2D eigenvalue weighted by atomic mass is 16.2. The lowest BCUT2D eigenvalue weighted by molar-refractivity contribution is -0.122. The Labute approximate surface area is 103 Å². The zero-order valence-electron chi connectivity index (χ0n) is 10.6. The van der Waals surface area contributed by atoms with E-state index in [0.29, 0.717) is 0 Å². The zero-order chi connectivity index (χ0) is 12.3. The van der Waals surface area contributed by atoms with Crippen molar-refractivity contribution in [3.05, 3.63) is 41.5 Å². The SMILES string of the molecule is CN(C)C(=O)C(=C1CCCC1)c1ccccc1. The molecular formula is C15H19NO. The molecule has 0 saturated heterocycles. The maximum atomic E-state index is 12.3. The third-order valence-electron chi connectivity index (χ3n) is 3.24. The van der Waals surface area contributed by atoms with Crippen LogP contribution in [0.4, 0.5) is 0 Å². The van der Waals surface area contributed by atoms with Crippen LogP contribution in [0, 0.1) is 0 Å². The van der Waals surface area contributed by atoms with Gasteiger partial charge in [0.1, 0.15) is 0 Å². The minimum atomic E-state index is 0.133. The molecule has 2 nitrogen and oxygen atoms in total. The number of likely N-dealkylation sites (N-methyl/N-ethyl adjacent to an activating group) is 1. The van der Waals surface area contributed by atoms with Gasteiger partial charge in [0.15, 0.2) is 0 Å². The summed E-state index contributed by atoms with van der Waals surface area (Å²) >= 11 is 0. The second-order valence-corrected chi connectivity index (χ2v) is 4.75. The lowest BCUT2D eigenvalue weighted by Gasteiger charge is -2.16. The molecule has 2 heteroatoms. The predicted molar refractivity (Wildman–Crippen MR) is 70.5 cm³/mol. The number of carbonyl (C=O) groups excluding carboxylic acids is 1. The van der Waals surface area contributed by atoms with Crippen molar-refractivity contribution in [2.75, 3.05) is 14.1 Å². The van der Waals surface area contributed by atoms with Crippen molar-refractivity contribution in [1.29, 1.82) is 0 Å². The molecule has 0 bridgehead atoms. The van der Waals surface area contributed by atoms with E-state index in [-0.39, 0.29) is 5.91 Å². The Kier molecular flexibility index (Phi) is 3.62. The van der Waals surface area contributed by atoms with Crippen LogP contribution < -0.4 is 0 Å². The molecule has 90 valence electrons. The molecule has 0 aliphatic heterocycles. The quantitative estimate of drug-likeness (QED) is 0.714. The summed E-state index contributed by atoms with van der Waals surface area (Å²) in [6.07, 6.45) is 4.58. The van der Waals surface area contributed by atoms with Gasteiger partial charge in [0.2, 0.25) is 0 Å². The minimum absolute atomic E-state index is 0.133. The van der Waals surface area contributed by atoms with Crippen LogP contribution >= 0.6 is 0 Å². The molecule has 1 amide bonds. The first-order valence-corrected chi connectivity index (χ1v) is 6.19. The first-order chi connectivity index (χ1) is 8.20. The lowest BCUT2D eigenvalue weighted by atomic mass is 9.97. The highest BCUT2D eigenvalue weighted by Crippen LogP contribution is 2.32. The molecule has 17 heavy (non-hydrogen) atoms. The van der Waals surface area contributed by atoms with E-state index in [2.05, 4.69) is 0 Å². The van der Waals surface area contributed by atoms with E-state index in [1.165, 1.54) is 18.4 Å². The fourth-order valence-corrected chi connectivity index (χ4v) is 2.36. The van der Waals surface area contributed by atoms with Crippen molar-refractivity contribution in [3.63, 3.8) is 0 Å². The Morgan fingerprint density at radius 1 is 1.06 bits per heavy atom. The highest BCUT2D eigenvalue weighted by Gasteiger charge is 2.21. The molecule has 0 N–H and O–H groups in total. The molecule has 0 heterocycles. The summed E-state index contributed by atoms with van der Waals surface area (Å²) < 4.78 is 0. The number of carbonyl (C=O) groups is 1.